The molecule has 2 atom stereocenters. The first kappa shape index (κ1) is 11.8. The quantitative estimate of drug-likeness (QED) is 0.827. The van der Waals surface area contributed by atoms with E-state index in [1.54, 1.807) is 7.05 Å². The van der Waals surface area contributed by atoms with Gasteiger partial charge in [-0.15, -0.1) is 0 Å². The van der Waals surface area contributed by atoms with Crippen LogP contribution >= 0.6 is 0 Å². The molecule has 4 nitrogen and oxygen atoms in total. The van der Waals surface area contributed by atoms with Crippen molar-refractivity contribution >= 4 is 5.91 Å². The smallest absolute Gasteiger partial charge is 0.223 e. The third-order valence-electron chi connectivity index (χ3n) is 3.03. The number of carbonyl (C=O) groups is 1. The first-order chi connectivity index (χ1) is 6.99. The lowest BCUT2D eigenvalue weighted by Crippen LogP contribution is -2.29. The Balaban J connectivity index is 2.89. The predicted octanol–water partition coefficient (Wildman–Crippen LogP) is 1.78. The van der Waals surface area contributed by atoms with Gasteiger partial charge in [0.2, 0.25) is 5.91 Å². The molecule has 4 heteroatoms. The third-order valence-corrected chi connectivity index (χ3v) is 3.03. The average molecular weight is 210 g/mol. The number of nitrogens with zero attached hydrogens (tertiary/aromatic N) is 1. The first-order valence-corrected chi connectivity index (χ1v) is 5.13. The SMILES string of the molecule is CNC(=O)C(C)C(C)c1noc(C)c1C. The number of amides is 1. The number of hydrogen-bond acceptors (Lipinski definition) is 3. The Kier molecular flexibility index (Phi) is 3.50. The van der Waals surface area contributed by atoms with Gasteiger partial charge in [0.05, 0.1) is 5.69 Å². The second kappa shape index (κ2) is 4.47. The topological polar surface area (TPSA) is 55.1 Å². The van der Waals surface area contributed by atoms with Gasteiger partial charge in [-0.1, -0.05) is 19.0 Å². The van der Waals surface area contributed by atoms with Crippen molar-refractivity contribution in [2.45, 2.75) is 33.6 Å². The molecule has 1 rings (SSSR count). The number of aryl methyl sites for hydroxylation is 1. The predicted molar refractivity (Wildman–Crippen MR) is 57.6 cm³/mol. The van der Waals surface area contributed by atoms with Crippen LogP contribution in [0.1, 0.15) is 36.8 Å². The van der Waals surface area contributed by atoms with E-state index >= 15 is 0 Å². The van der Waals surface area contributed by atoms with Crippen molar-refractivity contribution in [1.29, 1.82) is 0 Å². The van der Waals surface area contributed by atoms with Crippen molar-refractivity contribution in [2.24, 2.45) is 5.92 Å². The van der Waals surface area contributed by atoms with Gasteiger partial charge >= 0.3 is 0 Å². The monoisotopic (exact) mass is 210 g/mol. The van der Waals surface area contributed by atoms with E-state index in [1.165, 1.54) is 0 Å². The highest BCUT2D eigenvalue weighted by Gasteiger charge is 2.25. The fraction of sp³-hybridized carbons (Fsp3) is 0.636. The molecule has 0 saturated heterocycles. The molecule has 2 unspecified atom stereocenters. The molecular formula is C11H18N2O2. The summed E-state index contributed by atoms with van der Waals surface area (Å²) in [6.07, 6.45) is 0. The highest BCUT2D eigenvalue weighted by molar-refractivity contribution is 5.78. The molecule has 1 heterocycles. The van der Waals surface area contributed by atoms with Gasteiger partial charge < -0.3 is 9.84 Å². The van der Waals surface area contributed by atoms with Crippen molar-refractivity contribution < 1.29 is 9.32 Å². The van der Waals surface area contributed by atoms with Crippen LogP contribution in [0.25, 0.3) is 0 Å². The average Bonchev–Trinajstić information content (AvgIpc) is 2.56. The summed E-state index contributed by atoms with van der Waals surface area (Å²) in [6, 6.07) is 0. The molecule has 84 valence electrons. The Morgan fingerprint density at radius 1 is 1.40 bits per heavy atom. The molecule has 1 aromatic heterocycles. The van der Waals surface area contributed by atoms with Crippen molar-refractivity contribution in [2.75, 3.05) is 7.05 Å². The molecule has 0 aliphatic rings. The fourth-order valence-electron chi connectivity index (χ4n) is 1.55. The number of rotatable bonds is 3. The van der Waals surface area contributed by atoms with Crippen LogP contribution in [0.15, 0.2) is 4.52 Å². The van der Waals surface area contributed by atoms with Crippen LogP contribution < -0.4 is 5.32 Å². The Hall–Kier alpha value is -1.32. The minimum absolute atomic E-state index is 0.0301. The highest BCUT2D eigenvalue weighted by Crippen LogP contribution is 2.27. The summed E-state index contributed by atoms with van der Waals surface area (Å²) in [4.78, 5) is 11.5. The van der Waals surface area contributed by atoms with Gasteiger partial charge in [-0.2, -0.15) is 0 Å². The molecule has 1 N–H and O–H groups in total. The lowest BCUT2D eigenvalue weighted by Gasteiger charge is -2.16. The van der Waals surface area contributed by atoms with Crippen molar-refractivity contribution in [3.63, 3.8) is 0 Å². The van der Waals surface area contributed by atoms with Gasteiger partial charge in [-0.3, -0.25) is 4.79 Å². The van der Waals surface area contributed by atoms with Gasteiger partial charge in [0.1, 0.15) is 5.76 Å². The highest BCUT2D eigenvalue weighted by atomic mass is 16.5. The largest absolute Gasteiger partial charge is 0.361 e. The lowest BCUT2D eigenvalue weighted by molar-refractivity contribution is -0.124. The van der Waals surface area contributed by atoms with E-state index in [0.29, 0.717) is 0 Å². The number of carbonyl (C=O) groups excluding carboxylic acids is 1. The maximum atomic E-state index is 11.5. The Labute approximate surface area is 90.0 Å². The van der Waals surface area contributed by atoms with E-state index in [4.69, 9.17) is 4.52 Å². The molecule has 1 aromatic rings. The lowest BCUT2D eigenvalue weighted by atomic mass is 9.90. The molecule has 1 amide bonds. The number of aromatic nitrogens is 1. The normalized spacial score (nSPS) is 14.7. The van der Waals surface area contributed by atoms with E-state index in [2.05, 4.69) is 10.5 Å². The summed E-state index contributed by atoms with van der Waals surface area (Å²) in [7, 11) is 1.65. The van der Waals surface area contributed by atoms with E-state index < -0.39 is 0 Å². The third kappa shape index (κ3) is 2.19. The molecule has 0 spiro atoms. The van der Waals surface area contributed by atoms with Crippen LogP contribution in [0, 0.1) is 19.8 Å². The Morgan fingerprint density at radius 2 is 2.00 bits per heavy atom. The minimum atomic E-state index is -0.0989. The first-order valence-electron chi connectivity index (χ1n) is 5.13. The number of hydrogen-bond donors (Lipinski definition) is 1. The van der Waals surface area contributed by atoms with Gasteiger partial charge in [0.25, 0.3) is 0 Å². The van der Waals surface area contributed by atoms with Gasteiger partial charge in [0.15, 0.2) is 0 Å². The Bertz CT molecular complexity index is 357. The summed E-state index contributed by atoms with van der Waals surface area (Å²) in [6.45, 7) is 7.73. The van der Waals surface area contributed by atoms with Crippen LogP contribution in [-0.2, 0) is 4.79 Å². The second-order valence-electron chi connectivity index (χ2n) is 3.94. The van der Waals surface area contributed by atoms with E-state index in [9.17, 15) is 4.79 Å². The number of nitrogens with one attached hydrogen (secondary N) is 1. The summed E-state index contributed by atoms with van der Waals surface area (Å²) >= 11 is 0. The second-order valence-corrected chi connectivity index (χ2v) is 3.94. The Morgan fingerprint density at radius 3 is 2.40 bits per heavy atom. The maximum absolute atomic E-state index is 11.5. The molecule has 0 fully saturated rings. The van der Waals surface area contributed by atoms with E-state index in [-0.39, 0.29) is 17.7 Å². The zero-order chi connectivity index (χ0) is 11.6. The zero-order valence-electron chi connectivity index (χ0n) is 9.92. The molecule has 0 radical (unpaired) electrons. The van der Waals surface area contributed by atoms with Crippen LogP contribution in [0.5, 0.6) is 0 Å². The van der Waals surface area contributed by atoms with Gasteiger partial charge in [-0.05, 0) is 13.8 Å². The summed E-state index contributed by atoms with van der Waals surface area (Å²) < 4.78 is 5.10. The molecule has 0 bridgehead atoms. The van der Waals surface area contributed by atoms with Crippen molar-refractivity contribution in [3.05, 3.63) is 17.0 Å². The van der Waals surface area contributed by atoms with Crippen molar-refractivity contribution in [3.8, 4) is 0 Å². The molecule has 0 aliphatic heterocycles. The van der Waals surface area contributed by atoms with Gasteiger partial charge in [-0.25, -0.2) is 0 Å². The van der Waals surface area contributed by atoms with Crippen LogP contribution in [0.4, 0.5) is 0 Å². The minimum Gasteiger partial charge on any atom is -0.361 e. The maximum Gasteiger partial charge on any atom is 0.223 e. The summed E-state index contributed by atoms with van der Waals surface area (Å²) in [5.74, 6) is 0.823. The van der Waals surface area contributed by atoms with Crippen LogP contribution in [0.2, 0.25) is 0 Å². The fourth-order valence-corrected chi connectivity index (χ4v) is 1.55. The summed E-state index contributed by atoms with van der Waals surface area (Å²) in [5, 5.41) is 6.64. The molecular weight excluding hydrogens is 192 g/mol. The molecule has 0 aromatic carbocycles. The van der Waals surface area contributed by atoms with Gasteiger partial charge in [0, 0.05) is 24.4 Å². The van der Waals surface area contributed by atoms with Crippen LogP contribution in [-0.4, -0.2) is 18.1 Å². The summed E-state index contributed by atoms with van der Waals surface area (Å²) in [5.41, 5.74) is 1.92. The molecule has 15 heavy (non-hydrogen) atoms. The molecule has 0 aliphatic carbocycles. The van der Waals surface area contributed by atoms with E-state index in [0.717, 1.165) is 17.0 Å². The zero-order valence-corrected chi connectivity index (χ0v) is 9.92. The van der Waals surface area contributed by atoms with Crippen molar-refractivity contribution in [1.82, 2.24) is 10.5 Å². The van der Waals surface area contributed by atoms with Crippen LogP contribution in [0.3, 0.4) is 0 Å². The molecule has 0 saturated carbocycles. The van der Waals surface area contributed by atoms with E-state index in [1.807, 2.05) is 27.7 Å². The standard InChI is InChI=1S/C11H18N2O2/c1-6(7(2)11(14)12-5)10-8(3)9(4)15-13-10/h6-7H,1-5H3,(H,12,14).